The van der Waals surface area contributed by atoms with Crippen molar-refractivity contribution in [2.45, 2.75) is 18.7 Å². The van der Waals surface area contributed by atoms with Crippen molar-refractivity contribution < 1.29 is 0 Å². The SMILES string of the molecule is CC1(C)SC(c2ccccc2)=NN1c1ccccc1. The molecule has 19 heavy (non-hydrogen) atoms. The van der Waals surface area contributed by atoms with Gasteiger partial charge in [-0.25, -0.2) is 5.01 Å². The van der Waals surface area contributed by atoms with E-state index in [1.54, 1.807) is 11.8 Å². The van der Waals surface area contributed by atoms with Crippen molar-refractivity contribution in [1.29, 1.82) is 0 Å². The molecule has 0 saturated carbocycles. The average Bonchev–Trinajstić information content (AvgIpc) is 2.77. The van der Waals surface area contributed by atoms with Gasteiger partial charge in [-0.3, -0.25) is 0 Å². The van der Waals surface area contributed by atoms with Gasteiger partial charge in [-0.1, -0.05) is 60.3 Å². The van der Waals surface area contributed by atoms with Crippen LogP contribution < -0.4 is 5.01 Å². The fourth-order valence-electron chi connectivity index (χ4n) is 2.15. The van der Waals surface area contributed by atoms with Crippen LogP contribution in [-0.2, 0) is 0 Å². The average molecular weight is 268 g/mol. The molecule has 0 radical (unpaired) electrons. The molecule has 0 amide bonds. The van der Waals surface area contributed by atoms with Crippen molar-refractivity contribution in [2.75, 3.05) is 5.01 Å². The lowest BCUT2D eigenvalue weighted by molar-refractivity contribution is 0.671. The summed E-state index contributed by atoms with van der Waals surface area (Å²) in [5, 5.41) is 7.97. The van der Waals surface area contributed by atoms with Crippen LogP contribution in [0, 0.1) is 0 Å². The minimum Gasteiger partial charge on any atom is -0.248 e. The molecule has 0 bridgehead atoms. The molecule has 1 aliphatic rings. The molecule has 0 unspecified atom stereocenters. The quantitative estimate of drug-likeness (QED) is 0.805. The molecule has 1 aliphatic heterocycles. The molecule has 2 nitrogen and oxygen atoms in total. The van der Waals surface area contributed by atoms with Gasteiger partial charge < -0.3 is 0 Å². The second-order valence-corrected chi connectivity index (χ2v) is 6.56. The van der Waals surface area contributed by atoms with E-state index in [-0.39, 0.29) is 4.87 Å². The van der Waals surface area contributed by atoms with Gasteiger partial charge in [0.25, 0.3) is 0 Å². The minimum atomic E-state index is -0.0630. The van der Waals surface area contributed by atoms with Crippen LogP contribution in [0.15, 0.2) is 65.8 Å². The molecule has 1 heterocycles. The highest BCUT2D eigenvalue weighted by Gasteiger charge is 2.36. The predicted octanol–water partition coefficient (Wildman–Crippen LogP) is 4.34. The molecule has 96 valence electrons. The number of benzene rings is 2. The van der Waals surface area contributed by atoms with Gasteiger partial charge in [0.1, 0.15) is 9.91 Å². The zero-order valence-corrected chi connectivity index (χ0v) is 11.9. The minimum absolute atomic E-state index is 0.0630. The van der Waals surface area contributed by atoms with Gasteiger partial charge in [0.2, 0.25) is 0 Å². The maximum atomic E-state index is 4.79. The molecular formula is C16H16N2S. The van der Waals surface area contributed by atoms with Crippen LogP contribution in [0.4, 0.5) is 5.69 Å². The lowest BCUT2D eigenvalue weighted by Crippen LogP contribution is -2.33. The fourth-order valence-corrected chi connectivity index (χ4v) is 3.23. The van der Waals surface area contributed by atoms with E-state index in [0.29, 0.717) is 0 Å². The third-order valence-corrected chi connectivity index (χ3v) is 4.25. The molecule has 0 spiro atoms. The Morgan fingerprint density at radius 2 is 1.47 bits per heavy atom. The number of hydrogen-bond donors (Lipinski definition) is 0. The van der Waals surface area contributed by atoms with Crippen LogP contribution >= 0.6 is 11.8 Å². The summed E-state index contributed by atoms with van der Waals surface area (Å²) in [6, 6.07) is 20.7. The summed E-state index contributed by atoms with van der Waals surface area (Å²) in [4.78, 5) is -0.0630. The Bertz CT molecular complexity index is 591. The van der Waals surface area contributed by atoms with E-state index in [1.807, 2.05) is 24.3 Å². The summed E-state index contributed by atoms with van der Waals surface area (Å²) < 4.78 is 0. The van der Waals surface area contributed by atoms with Crippen LogP contribution in [0.3, 0.4) is 0 Å². The Balaban J connectivity index is 1.99. The summed E-state index contributed by atoms with van der Waals surface area (Å²) in [6.45, 7) is 4.40. The number of nitrogens with zero attached hydrogens (tertiary/aromatic N) is 2. The Hall–Kier alpha value is -1.74. The van der Waals surface area contributed by atoms with Crippen molar-refractivity contribution in [3.05, 3.63) is 66.2 Å². The third kappa shape index (κ3) is 2.38. The van der Waals surface area contributed by atoms with E-state index in [1.165, 1.54) is 5.56 Å². The van der Waals surface area contributed by atoms with Crippen molar-refractivity contribution in [3.8, 4) is 0 Å². The van der Waals surface area contributed by atoms with Gasteiger partial charge in [-0.2, -0.15) is 5.10 Å². The number of rotatable bonds is 2. The first-order valence-corrected chi connectivity index (χ1v) is 7.17. The standard InChI is InChI=1S/C16H16N2S/c1-16(2)18(14-11-7-4-8-12-14)17-15(19-16)13-9-5-3-6-10-13/h3-12H,1-2H3. The molecule has 0 aliphatic carbocycles. The summed E-state index contributed by atoms with van der Waals surface area (Å²) in [5.74, 6) is 0. The van der Waals surface area contributed by atoms with Gasteiger partial charge >= 0.3 is 0 Å². The van der Waals surface area contributed by atoms with E-state index in [2.05, 4.69) is 55.3 Å². The summed E-state index contributed by atoms with van der Waals surface area (Å²) in [7, 11) is 0. The lowest BCUT2D eigenvalue weighted by Gasteiger charge is -2.29. The number of anilines is 1. The summed E-state index contributed by atoms with van der Waals surface area (Å²) in [6.07, 6.45) is 0. The maximum absolute atomic E-state index is 4.79. The van der Waals surface area contributed by atoms with Gasteiger partial charge in [0.15, 0.2) is 0 Å². The molecule has 0 aromatic heterocycles. The van der Waals surface area contributed by atoms with Gasteiger partial charge in [0, 0.05) is 5.56 Å². The molecule has 2 aromatic carbocycles. The normalized spacial score (nSPS) is 17.4. The topological polar surface area (TPSA) is 15.6 Å². The van der Waals surface area contributed by atoms with Crippen molar-refractivity contribution in [3.63, 3.8) is 0 Å². The Labute approximate surface area is 118 Å². The first-order chi connectivity index (χ1) is 9.17. The molecule has 3 rings (SSSR count). The van der Waals surface area contributed by atoms with Crippen LogP contribution in [0.2, 0.25) is 0 Å². The molecule has 2 aromatic rings. The molecule has 0 saturated heterocycles. The fraction of sp³-hybridized carbons (Fsp3) is 0.188. The molecule has 0 N–H and O–H groups in total. The smallest absolute Gasteiger partial charge is 0.126 e. The largest absolute Gasteiger partial charge is 0.248 e. The van der Waals surface area contributed by atoms with Gasteiger partial charge in [-0.15, -0.1) is 0 Å². The van der Waals surface area contributed by atoms with Crippen molar-refractivity contribution >= 4 is 22.5 Å². The Morgan fingerprint density at radius 3 is 2.11 bits per heavy atom. The predicted molar refractivity (Wildman–Crippen MR) is 83.6 cm³/mol. The monoisotopic (exact) mass is 268 g/mol. The summed E-state index contributed by atoms with van der Waals surface area (Å²) in [5.41, 5.74) is 2.31. The number of hydrogen-bond acceptors (Lipinski definition) is 3. The first kappa shape index (κ1) is 12.3. The summed E-state index contributed by atoms with van der Waals surface area (Å²) >= 11 is 1.80. The van der Waals surface area contributed by atoms with Crippen molar-refractivity contribution in [2.24, 2.45) is 5.10 Å². The van der Waals surface area contributed by atoms with Crippen molar-refractivity contribution in [1.82, 2.24) is 0 Å². The van der Waals surface area contributed by atoms with Gasteiger partial charge in [-0.05, 0) is 26.0 Å². The molecule has 0 atom stereocenters. The first-order valence-electron chi connectivity index (χ1n) is 6.35. The maximum Gasteiger partial charge on any atom is 0.126 e. The number of thioether (sulfide) groups is 1. The van der Waals surface area contributed by atoms with E-state index >= 15 is 0 Å². The van der Waals surface area contributed by atoms with E-state index in [9.17, 15) is 0 Å². The molecular weight excluding hydrogens is 252 g/mol. The number of hydrazone groups is 1. The van der Waals surface area contributed by atoms with Crippen LogP contribution in [-0.4, -0.2) is 9.91 Å². The lowest BCUT2D eigenvalue weighted by atomic mass is 10.2. The Kier molecular flexibility index (Phi) is 3.07. The highest BCUT2D eigenvalue weighted by Crippen LogP contribution is 2.41. The highest BCUT2D eigenvalue weighted by molar-refractivity contribution is 8.15. The van der Waals surface area contributed by atoms with Crippen LogP contribution in [0.1, 0.15) is 19.4 Å². The second kappa shape index (κ2) is 4.74. The third-order valence-electron chi connectivity index (χ3n) is 3.07. The molecule has 3 heteroatoms. The van der Waals surface area contributed by atoms with E-state index in [0.717, 1.165) is 10.7 Å². The molecule has 0 fully saturated rings. The van der Waals surface area contributed by atoms with Crippen LogP contribution in [0.5, 0.6) is 0 Å². The second-order valence-electron chi connectivity index (χ2n) is 4.97. The van der Waals surface area contributed by atoms with Gasteiger partial charge in [0.05, 0.1) is 5.69 Å². The zero-order chi connectivity index (χ0) is 13.3. The zero-order valence-electron chi connectivity index (χ0n) is 11.1. The Morgan fingerprint density at radius 1 is 0.895 bits per heavy atom. The number of para-hydroxylation sites is 1. The highest BCUT2D eigenvalue weighted by atomic mass is 32.2. The van der Waals surface area contributed by atoms with Crippen LogP contribution in [0.25, 0.3) is 0 Å². The van der Waals surface area contributed by atoms with E-state index < -0.39 is 0 Å². The van der Waals surface area contributed by atoms with E-state index in [4.69, 9.17) is 5.10 Å².